The van der Waals surface area contributed by atoms with Crippen LogP contribution in [-0.4, -0.2) is 0 Å². The zero-order valence-corrected chi connectivity index (χ0v) is 23.1. The summed E-state index contributed by atoms with van der Waals surface area (Å²) in [6.07, 6.45) is 0. The molecule has 194 valence electrons. The van der Waals surface area contributed by atoms with E-state index in [0.29, 0.717) is 16.7 Å². The van der Waals surface area contributed by atoms with E-state index in [4.69, 9.17) is 4.42 Å². The Balaban J connectivity index is 1.46. The van der Waals surface area contributed by atoms with Gasteiger partial charge in [0.1, 0.15) is 11.2 Å². The number of hydrogen-bond donors (Lipinski definition) is 0. The maximum absolute atomic E-state index is 10.2. The highest BCUT2D eigenvalue weighted by Gasteiger charge is 2.21. The molecule has 0 unspecified atom stereocenters. The van der Waals surface area contributed by atoms with Crippen LogP contribution in [0.5, 0.6) is 0 Å². The number of furan rings is 1. The largest absolute Gasteiger partial charge is 0.456 e. The third-order valence-corrected chi connectivity index (χ3v) is 9.15. The van der Waals surface area contributed by atoms with Crippen LogP contribution in [0.4, 0.5) is 0 Å². The molecule has 0 atom stereocenters. The topological polar surface area (TPSA) is 60.7 Å². The van der Waals surface area contributed by atoms with E-state index in [9.17, 15) is 10.5 Å². The molecule has 8 rings (SSSR count). The van der Waals surface area contributed by atoms with E-state index in [-0.39, 0.29) is 0 Å². The zero-order valence-electron chi connectivity index (χ0n) is 22.3. The molecule has 0 bridgehead atoms. The standard InChI is InChI=1S/C38H20N2OS/c39-21-25-7-5-8-26(22-40)37(25)38-27(23-15-17-34-31(19-23)29-9-1-3-13-33(29)41-34)11-6-12-28(38)24-16-18-36-32(20-24)30-10-2-4-14-35(30)42-36/h1-20H. The summed E-state index contributed by atoms with van der Waals surface area (Å²) < 4.78 is 8.59. The first-order chi connectivity index (χ1) is 20.7. The number of nitrogens with zero attached hydrogens (tertiary/aromatic N) is 2. The Bertz CT molecular complexity index is 2280. The van der Waals surface area contributed by atoms with Crippen LogP contribution in [0, 0.1) is 22.7 Å². The fourth-order valence-corrected chi connectivity index (χ4v) is 7.18. The van der Waals surface area contributed by atoms with Crippen molar-refractivity contribution in [2.24, 2.45) is 0 Å². The first-order valence-electron chi connectivity index (χ1n) is 13.6. The van der Waals surface area contributed by atoms with Gasteiger partial charge in [-0.25, -0.2) is 0 Å². The molecule has 0 amide bonds. The Morgan fingerprint density at radius 1 is 0.476 bits per heavy atom. The second-order valence-corrected chi connectivity index (χ2v) is 11.4. The predicted octanol–water partition coefficient (Wildman–Crippen LogP) is 10.7. The first-order valence-corrected chi connectivity index (χ1v) is 14.4. The molecule has 8 aromatic rings. The van der Waals surface area contributed by atoms with E-state index in [0.717, 1.165) is 49.8 Å². The summed E-state index contributed by atoms with van der Waals surface area (Å²) in [6, 6.07) is 45.6. The third-order valence-electron chi connectivity index (χ3n) is 8.00. The third kappa shape index (κ3) is 3.64. The van der Waals surface area contributed by atoms with Crippen molar-refractivity contribution in [3.05, 3.63) is 132 Å². The van der Waals surface area contributed by atoms with Crippen LogP contribution in [0.2, 0.25) is 0 Å². The average molecular weight is 553 g/mol. The molecule has 6 aromatic carbocycles. The summed E-state index contributed by atoms with van der Waals surface area (Å²) in [6.45, 7) is 0. The van der Waals surface area contributed by atoms with Crippen LogP contribution in [0.3, 0.4) is 0 Å². The number of benzene rings is 6. The molecule has 0 spiro atoms. The van der Waals surface area contributed by atoms with E-state index in [1.54, 1.807) is 29.5 Å². The fourth-order valence-electron chi connectivity index (χ4n) is 6.10. The maximum Gasteiger partial charge on any atom is 0.135 e. The van der Waals surface area contributed by atoms with Gasteiger partial charge in [0.05, 0.1) is 23.3 Å². The highest BCUT2D eigenvalue weighted by molar-refractivity contribution is 7.25. The second kappa shape index (κ2) is 9.46. The van der Waals surface area contributed by atoms with Gasteiger partial charge in [0.15, 0.2) is 0 Å². The summed E-state index contributed by atoms with van der Waals surface area (Å²) >= 11 is 1.79. The molecular formula is C38H20N2OS. The van der Waals surface area contributed by atoms with Crippen LogP contribution < -0.4 is 0 Å². The van der Waals surface area contributed by atoms with Gasteiger partial charge in [-0.1, -0.05) is 72.8 Å². The molecule has 3 nitrogen and oxygen atoms in total. The second-order valence-electron chi connectivity index (χ2n) is 10.3. The number of rotatable bonds is 3. The van der Waals surface area contributed by atoms with Crippen molar-refractivity contribution in [3.63, 3.8) is 0 Å². The lowest BCUT2D eigenvalue weighted by molar-refractivity contribution is 0.669. The normalized spacial score (nSPS) is 11.3. The van der Waals surface area contributed by atoms with E-state index in [1.807, 2.05) is 24.3 Å². The molecular weight excluding hydrogens is 532 g/mol. The van der Waals surface area contributed by atoms with Gasteiger partial charge in [0, 0.05) is 36.5 Å². The first kappa shape index (κ1) is 24.1. The van der Waals surface area contributed by atoms with Gasteiger partial charge in [-0.05, 0) is 76.3 Å². The zero-order chi connectivity index (χ0) is 28.2. The van der Waals surface area contributed by atoms with Gasteiger partial charge in [-0.2, -0.15) is 10.5 Å². The Labute approximate surface area is 245 Å². The molecule has 0 saturated carbocycles. The lowest BCUT2D eigenvalue weighted by Gasteiger charge is -2.18. The molecule has 0 aliphatic carbocycles. The molecule has 4 heteroatoms. The molecule has 0 fully saturated rings. The van der Waals surface area contributed by atoms with Crippen molar-refractivity contribution in [2.75, 3.05) is 0 Å². The van der Waals surface area contributed by atoms with Crippen molar-refractivity contribution in [3.8, 4) is 45.5 Å². The minimum absolute atomic E-state index is 0.472. The van der Waals surface area contributed by atoms with Crippen molar-refractivity contribution in [1.29, 1.82) is 10.5 Å². The number of nitriles is 2. The van der Waals surface area contributed by atoms with Gasteiger partial charge in [-0.3, -0.25) is 0 Å². The van der Waals surface area contributed by atoms with Crippen molar-refractivity contribution >= 4 is 53.4 Å². The fraction of sp³-hybridized carbons (Fsp3) is 0. The predicted molar refractivity (Wildman–Crippen MR) is 172 cm³/mol. The van der Waals surface area contributed by atoms with Gasteiger partial charge < -0.3 is 4.42 Å². The number of fused-ring (bicyclic) bond motifs is 6. The van der Waals surface area contributed by atoms with Gasteiger partial charge >= 0.3 is 0 Å². The SMILES string of the molecule is N#Cc1cccc(C#N)c1-c1c(-c2ccc3oc4ccccc4c3c2)cccc1-c1ccc2sc3ccccc3c2c1. The van der Waals surface area contributed by atoms with Crippen molar-refractivity contribution in [1.82, 2.24) is 0 Å². The summed E-state index contributed by atoms with van der Waals surface area (Å²) in [7, 11) is 0. The van der Waals surface area contributed by atoms with Crippen LogP contribution in [0.15, 0.2) is 126 Å². The highest BCUT2D eigenvalue weighted by Crippen LogP contribution is 2.45. The summed E-state index contributed by atoms with van der Waals surface area (Å²) in [5, 5.41) is 24.9. The Morgan fingerprint density at radius 3 is 1.83 bits per heavy atom. The van der Waals surface area contributed by atoms with E-state index < -0.39 is 0 Å². The average Bonchev–Trinajstić information content (AvgIpc) is 3.61. The van der Waals surface area contributed by atoms with Gasteiger partial charge in [-0.15, -0.1) is 11.3 Å². The number of thiophene rings is 1. The Hall–Kier alpha value is -5.68. The smallest absolute Gasteiger partial charge is 0.135 e. The summed E-state index contributed by atoms with van der Waals surface area (Å²) in [5.41, 5.74) is 8.09. The van der Waals surface area contributed by atoms with Gasteiger partial charge in [0.25, 0.3) is 0 Å². The lowest BCUT2D eigenvalue weighted by Crippen LogP contribution is -1.96. The summed E-state index contributed by atoms with van der Waals surface area (Å²) in [5.74, 6) is 0. The van der Waals surface area contributed by atoms with E-state index in [2.05, 4.69) is 91.0 Å². The molecule has 2 heterocycles. The molecule has 0 saturated heterocycles. The van der Waals surface area contributed by atoms with Crippen LogP contribution >= 0.6 is 11.3 Å². The van der Waals surface area contributed by atoms with E-state index >= 15 is 0 Å². The molecule has 0 N–H and O–H groups in total. The minimum atomic E-state index is 0.472. The Morgan fingerprint density at radius 2 is 1.07 bits per heavy atom. The van der Waals surface area contributed by atoms with Crippen molar-refractivity contribution in [2.45, 2.75) is 0 Å². The van der Waals surface area contributed by atoms with Crippen LogP contribution in [-0.2, 0) is 0 Å². The van der Waals surface area contributed by atoms with Crippen LogP contribution in [0.1, 0.15) is 11.1 Å². The Kier molecular flexibility index (Phi) is 5.44. The molecule has 0 aliphatic rings. The number of hydrogen-bond acceptors (Lipinski definition) is 4. The highest BCUT2D eigenvalue weighted by atomic mass is 32.1. The molecule has 2 aromatic heterocycles. The minimum Gasteiger partial charge on any atom is -0.456 e. The monoisotopic (exact) mass is 552 g/mol. The van der Waals surface area contributed by atoms with E-state index in [1.165, 1.54) is 20.2 Å². The quantitative estimate of drug-likeness (QED) is 0.219. The molecule has 0 radical (unpaired) electrons. The molecule has 0 aliphatic heterocycles. The summed E-state index contributed by atoms with van der Waals surface area (Å²) in [4.78, 5) is 0. The van der Waals surface area contributed by atoms with Crippen LogP contribution in [0.25, 0.3) is 75.5 Å². The van der Waals surface area contributed by atoms with Crippen molar-refractivity contribution < 1.29 is 4.42 Å². The molecule has 42 heavy (non-hydrogen) atoms. The van der Waals surface area contributed by atoms with Gasteiger partial charge in [0.2, 0.25) is 0 Å². The lowest BCUT2D eigenvalue weighted by atomic mass is 9.83. The maximum atomic E-state index is 10.2. The number of para-hydroxylation sites is 1.